The van der Waals surface area contributed by atoms with Gasteiger partial charge in [-0.3, -0.25) is 0 Å². The molecule has 2 aromatic rings. The first kappa shape index (κ1) is 21.8. The zero-order valence-corrected chi connectivity index (χ0v) is 20.0. The van der Waals surface area contributed by atoms with E-state index in [1.165, 1.54) is 44.5 Å². The summed E-state index contributed by atoms with van der Waals surface area (Å²) in [6, 6.07) is 17.7. The molecule has 0 fully saturated rings. The first-order valence-electron chi connectivity index (χ1n) is 10.3. The predicted octanol–water partition coefficient (Wildman–Crippen LogP) is 1.53. The Hall–Kier alpha value is -2.38. The van der Waals surface area contributed by atoms with Crippen LogP contribution in [0.1, 0.15) is 36.1 Å². The molecule has 0 nitrogen and oxygen atoms in total. The van der Waals surface area contributed by atoms with Gasteiger partial charge in [0.15, 0.2) is 0 Å². The fourth-order valence-electron chi connectivity index (χ4n) is 5.32. The van der Waals surface area contributed by atoms with Crippen molar-refractivity contribution in [3.63, 3.8) is 0 Å². The largest absolute Gasteiger partial charge is 1.00 e. The van der Waals surface area contributed by atoms with Gasteiger partial charge in [-0.25, -0.2) is 0 Å². The second-order valence-corrected chi connectivity index (χ2v) is 14.4. The minimum Gasteiger partial charge on any atom is -1.00 e. The molecule has 2 unspecified atom stereocenters. The molecule has 0 aliphatic heterocycles. The summed E-state index contributed by atoms with van der Waals surface area (Å²) in [6.07, 6.45) is 19.1. The molecular formula is C28H22F2Zr. The fourth-order valence-corrected chi connectivity index (χ4v) is 10.5. The molecule has 0 saturated heterocycles. The number of rotatable bonds is 2. The van der Waals surface area contributed by atoms with E-state index in [1.54, 1.807) is 0 Å². The summed E-state index contributed by atoms with van der Waals surface area (Å²) in [6.45, 7) is 4.97. The van der Waals surface area contributed by atoms with Crippen molar-refractivity contribution in [3.8, 4) is 0 Å². The predicted molar refractivity (Wildman–Crippen MR) is 120 cm³/mol. The summed E-state index contributed by atoms with van der Waals surface area (Å²) in [5, 5.41) is 0. The molecule has 3 heteroatoms. The molecule has 0 N–H and O–H groups in total. The molecule has 4 aliphatic rings. The van der Waals surface area contributed by atoms with Crippen molar-refractivity contribution in [2.24, 2.45) is 0 Å². The Morgan fingerprint density at radius 1 is 0.613 bits per heavy atom. The summed E-state index contributed by atoms with van der Waals surface area (Å²) in [5.41, 5.74) is 11.5. The van der Waals surface area contributed by atoms with E-state index in [0.29, 0.717) is 0 Å². The van der Waals surface area contributed by atoms with Gasteiger partial charge < -0.3 is 9.41 Å². The number of allylic oxidation sites excluding steroid dienone is 10. The summed E-state index contributed by atoms with van der Waals surface area (Å²) in [7, 11) is 0. The van der Waals surface area contributed by atoms with E-state index in [1.807, 2.05) is 0 Å². The van der Waals surface area contributed by atoms with Gasteiger partial charge >= 0.3 is 185 Å². The molecule has 0 bridgehead atoms. The van der Waals surface area contributed by atoms with Gasteiger partial charge in [0.25, 0.3) is 0 Å². The van der Waals surface area contributed by atoms with Crippen LogP contribution in [0.15, 0.2) is 96.1 Å². The maximum absolute atomic E-state index is 2.49. The van der Waals surface area contributed by atoms with Crippen molar-refractivity contribution in [3.05, 3.63) is 118 Å². The van der Waals surface area contributed by atoms with Crippen LogP contribution in [0.25, 0.3) is 23.3 Å². The van der Waals surface area contributed by atoms with Crippen LogP contribution >= 0.6 is 0 Å². The smallest absolute Gasteiger partial charge is 1.00 e. The second-order valence-electron chi connectivity index (χ2n) is 8.70. The molecule has 0 aromatic heterocycles. The molecule has 0 radical (unpaired) electrons. The third-order valence-corrected chi connectivity index (χ3v) is 11.4. The van der Waals surface area contributed by atoms with Crippen LogP contribution in [-0.4, -0.2) is 0 Å². The van der Waals surface area contributed by atoms with Crippen LogP contribution in [0.3, 0.4) is 0 Å². The van der Waals surface area contributed by atoms with Gasteiger partial charge in [-0.15, -0.1) is 0 Å². The van der Waals surface area contributed by atoms with Crippen LogP contribution in [0.5, 0.6) is 0 Å². The molecule has 152 valence electrons. The third kappa shape index (κ3) is 3.17. The zero-order chi connectivity index (χ0) is 19.6. The molecule has 0 saturated carbocycles. The number of benzene rings is 2. The number of halogens is 2. The van der Waals surface area contributed by atoms with E-state index in [-0.39, 0.29) is 15.7 Å². The SMILES string of the molecule is C[C]1([Zr+2][C]2(C)C=CC=C3C2=Cc2ccccc23)C=CC=C2C1=Cc1ccccc12.[F-].[F-]. The number of hydrogen-bond acceptors (Lipinski definition) is 0. The first-order chi connectivity index (χ1) is 14.1. The molecule has 4 aliphatic carbocycles. The van der Waals surface area contributed by atoms with Gasteiger partial charge in [-0.05, 0) is 0 Å². The Morgan fingerprint density at radius 2 is 1.03 bits per heavy atom. The Morgan fingerprint density at radius 3 is 1.48 bits per heavy atom. The molecule has 6 rings (SSSR count). The first-order valence-corrected chi connectivity index (χ1v) is 12.8. The molecule has 0 heterocycles. The Balaban J connectivity index is 0.00000116. The standard InChI is InChI=1S/2C14H11.2FH.Zr/c2*1-10-5-4-8-13-12-7-3-2-6-11(12)9-14(10)13;;;/h2*2-9H,1H3;2*1H;/q;;;;+2/p-2. The zero-order valence-electron chi connectivity index (χ0n) is 17.5. The van der Waals surface area contributed by atoms with E-state index >= 15 is 0 Å². The topological polar surface area (TPSA) is 0 Å². The van der Waals surface area contributed by atoms with Crippen LogP contribution in [-0.2, 0) is 23.2 Å². The van der Waals surface area contributed by atoms with Crippen molar-refractivity contribution in [2.45, 2.75) is 20.1 Å². The van der Waals surface area contributed by atoms with Crippen molar-refractivity contribution in [1.29, 1.82) is 0 Å². The van der Waals surface area contributed by atoms with E-state index in [9.17, 15) is 0 Å². The second kappa shape index (κ2) is 7.64. The van der Waals surface area contributed by atoms with Gasteiger partial charge in [0, 0.05) is 0 Å². The number of hydrogen-bond donors (Lipinski definition) is 0. The number of fused-ring (bicyclic) bond motifs is 6. The summed E-state index contributed by atoms with van der Waals surface area (Å²) >= 11 is -0.966. The minimum absolute atomic E-state index is 0. The maximum atomic E-state index is 2.49. The monoisotopic (exact) mass is 486 g/mol. The van der Waals surface area contributed by atoms with Crippen molar-refractivity contribution >= 4 is 23.3 Å². The van der Waals surface area contributed by atoms with Gasteiger partial charge in [-0.1, -0.05) is 0 Å². The average Bonchev–Trinajstić information content (AvgIpc) is 3.29. The summed E-state index contributed by atoms with van der Waals surface area (Å²) in [4.78, 5) is 0. The molecular weight excluding hydrogens is 466 g/mol. The molecule has 2 atom stereocenters. The normalized spacial score (nSPS) is 25.9. The van der Waals surface area contributed by atoms with Crippen molar-refractivity contribution in [1.82, 2.24) is 0 Å². The van der Waals surface area contributed by atoms with Crippen LogP contribution in [0, 0.1) is 0 Å². The minimum atomic E-state index is -0.966. The maximum Gasteiger partial charge on any atom is -1.00 e. The molecule has 2 aromatic carbocycles. The quantitative estimate of drug-likeness (QED) is 0.603. The van der Waals surface area contributed by atoms with Crippen molar-refractivity contribution < 1.29 is 32.6 Å². The van der Waals surface area contributed by atoms with Gasteiger partial charge in [0.1, 0.15) is 0 Å². The van der Waals surface area contributed by atoms with Crippen LogP contribution < -0.4 is 9.41 Å². The van der Waals surface area contributed by atoms with Crippen molar-refractivity contribution in [2.75, 3.05) is 0 Å². The molecule has 0 spiro atoms. The van der Waals surface area contributed by atoms with Crippen LogP contribution in [0.4, 0.5) is 0 Å². The Bertz CT molecular complexity index is 1160. The summed E-state index contributed by atoms with van der Waals surface area (Å²) < 4.78 is 0.341. The molecule has 0 amide bonds. The fraction of sp³-hybridized carbons (Fsp3) is 0.143. The Labute approximate surface area is 193 Å². The van der Waals surface area contributed by atoms with E-state index in [4.69, 9.17) is 0 Å². The van der Waals surface area contributed by atoms with E-state index in [2.05, 4.69) is 111 Å². The van der Waals surface area contributed by atoms with E-state index in [0.717, 1.165) is 0 Å². The van der Waals surface area contributed by atoms with Gasteiger partial charge in [0.2, 0.25) is 0 Å². The van der Waals surface area contributed by atoms with Gasteiger partial charge in [0.05, 0.1) is 0 Å². The third-order valence-electron chi connectivity index (χ3n) is 6.71. The van der Waals surface area contributed by atoms with Gasteiger partial charge in [-0.2, -0.15) is 0 Å². The van der Waals surface area contributed by atoms with E-state index < -0.39 is 23.2 Å². The average molecular weight is 488 g/mol. The van der Waals surface area contributed by atoms with Crippen LogP contribution in [0.2, 0.25) is 6.25 Å². The molecule has 31 heavy (non-hydrogen) atoms. The summed E-state index contributed by atoms with van der Waals surface area (Å²) in [5.74, 6) is 0. The Kier molecular flexibility index (Phi) is 5.38.